The van der Waals surface area contributed by atoms with Crippen LogP contribution in [0.1, 0.15) is 33.6 Å². The topological polar surface area (TPSA) is 42.2 Å². The van der Waals surface area contributed by atoms with Gasteiger partial charge < -0.3 is 5.32 Å². The Morgan fingerprint density at radius 1 is 1.42 bits per heavy atom. The first-order valence-electron chi connectivity index (χ1n) is 6.92. The molecule has 0 spiro atoms. The molecular formula is C15H22N4. The number of dihydropyridines is 1. The van der Waals surface area contributed by atoms with Crippen LogP contribution in [0.2, 0.25) is 0 Å². The van der Waals surface area contributed by atoms with Crippen LogP contribution < -0.4 is 5.32 Å². The summed E-state index contributed by atoms with van der Waals surface area (Å²) < 4.78 is 1.94. The largest absolute Gasteiger partial charge is 0.380 e. The highest BCUT2D eigenvalue weighted by Crippen LogP contribution is 2.18. The fraction of sp³-hybridized carbons (Fsp3) is 0.467. The molecule has 0 fully saturated rings. The third-order valence-corrected chi connectivity index (χ3v) is 2.99. The molecule has 4 nitrogen and oxygen atoms in total. The standard InChI is InChI=1S/C12H14N4.C3H8/c1-9-2-3-11-10(14-9)4-5-12(15-11)16-7-6-13-8-16;1-3-2/h2,4-8,10-11,14H,3H2,1H3;3H2,1-2H3. The molecular weight excluding hydrogens is 236 g/mol. The second kappa shape index (κ2) is 6.36. The van der Waals surface area contributed by atoms with Crippen molar-refractivity contribution in [1.29, 1.82) is 0 Å². The molecule has 2 aliphatic rings. The van der Waals surface area contributed by atoms with Crippen molar-refractivity contribution in [1.82, 2.24) is 14.9 Å². The Morgan fingerprint density at radius 2 is 2.21 bits per heavy atom. The average molecular weight is 258 g/mol. The smallest absolute Gasteiger partial charge is 0.133 e. The molecule has 1 N–H and O–H groups in total. The fourth-order valence-electron chi connectivity index (χ4n) is 2.12. The number of imidazole rings is 1. The lowest BCUT2D eigenvalue weighted by atomic mass is 9.98. The molecule has 102 valence electrons. The van der Waals surface area contributed by atoms with E-state index in [1.165, 1.54) is 12.1 Å². The number of aromatic nitrogens is 2. The zero-order valence-corrected chi connectivity index (χ0v) is 11.9. The summed E-state index contributed by atoms with van der Waals surface area (Å²) in [5.74, 6) is 0.966. The molecule has 2 unspecified atom stereocenters. The minimum atomic E-state index is 0.311. The molecule has 0 aromatic carbocycles. The maximum absolute atomic E-state index is 4.73. The Bertz CT molecular complexity index is 482. The van der Waals surface area contributed by atoms with Gasteiger partial charge in [0.2, 0.25) is 0 Å². The Labute approximate surface area is 115 Å². The maximum atomic E-state index is 4.73. The number of allylic oxidation sites excluding steroid dienone is 2. The van der Waals surface area contributed by atoms with Gasteiger partial charge in [-0.3, -0.25) is 9.56 Å². The summed E-state index contributed by atoms with van der Waals surface area (Å²) in [6.07, 6.45) is 14.2. The van der Waals surface area contributed by atoms with E-state index >= 15 is 0 Å². The van der Waals surface area contributed by atoms with Crippen molar-refractivity contribution in [3.8, 4) is 0 Å². The highest BCUT2D eigenvalue weighted by Gasteiger charge is 2.24. The van der Waals surface area contributed by atoms with Crippen LogP contribution in [0, 0.1) is 0 Å². The summed E-state index contributed by atoms with van der Waals surface area (Å²) in [4.78, 5) is 8.76. The first kappa shape index (κ1) is 13.6. The molecule has 3 rings (SSSR count). The van der Waals surface area contributed by atoms with Crippen molar-refractivity contribution in [3.63, 3.8) is 0 Å². The number of aliphatic imine (C=N–C) groups is 1. The molecule has 19 heavy (non-hydrogen) atoms. The second-order valence-electron chi connectivity index (χ2n) is 4.88. The third-order valence-electron chi connectivity index (χ3n) is 2.99. The van der Waals surface area contributed by atoms with E-state index in [4.69, 9.17) is 4.99 Å². The molecule has 0 saturated carbocycles. The Morgan fingerprint density at radius 3 is 2.89 bits per heavy atom. The van der Waals surface area contributed by atoms with E-state index in [0.29, 0.717) is 12.1 Å². The van der Waals surface area contributed by atoms with Crippen LogP contribution >= 0.6 is 0 Å². The first-order chi connectivity index (χ1) is 9.24. The van der Waals surface area contributed by atoms with Crippen molar-refractivity contribution >= 4 is 5.84 Å². The first-order valence-corrected chi connectivity index (χ1v) is 6.92. The lowest BCUT2D eigenvalue weighted by Crippen LogP contribution is -2.41. The molecule has 2 aliphatic heterocycles. The Hall–Kier alpha value is -1.84. The molecule has 0 bridgehead atoms. The molecule has 0 radical (unpaired) electrons. The summed E-state index contributed by atoms with van der Waals surface area (Å²) >= 11 is 0. The van der Waals surface area contributed by atoms with Crippen LogP contribution in [0.3, 0.4) is 0 Å². The van der Waals surface area contributed by atoms with Crippen LogP contribution in [0.5, 0.6) is 0 Å². The molecule has 3 heterocycles. The van der Waals surface area contributed by atoms with Crippen molar-refractivity contribution < 1.29 is 0 Å². The van der Waals surface area contributed by atoms with Crippen molar-refractivity contribution in [2.75, 3.05) is 0 Å². The lowest BCUT2D eigenvalue weighted by Gasteiger charge is -2.30. The van der Waals surface area contributed by atoms with E-state index in [9.17, 15) is 0 Å². The van der Waals surface area contributed by atoms with Gasteiger partial charge in [-0.25, -0.2) is 4.98 Å². The molecule has 0 aliphatic carbocycles. The lowest BCUT2D eigenvalue weighted by molar-refractivity contribution is 0.504. The van der Waals surface area contributed by atoms with Crippen LogP contribution in [-0.4, -0.2) is 27.5 Å². The van der Waals surface area contributed by atoms with Gasteiger partial charge in [-0.2, -0.15) is 0 Å². The van der Waals surface area contributed by atoms with Gasteiger partial charge in [-0.05, 0) is 19.4 Å². The number of fused-ring (bicyclic) bond motifs is 1. The van der Waals surface area contributed by atoms with Crippen molar-refractivity contribution in [2.24, 2.45) is 4.99 Å². The van der Waals surface area contributed by atoms with E-state index in [1.807, 2.05) is 10.8 Å². The summed E-state index contributed by atoms with van der Waals surface area (Å²) in [5.41, 5.74) is 1.24. The van der Waals surface area contributed by atoms with E-state index < -0.39 is 0 Å². The Balaban J connectivity index is 0.000000408. The fourth-order valence-corrected chi connectivity index (χ4v) is 2.12. The molecule has 1 aromatic heterocycles. The SMILES string of the molecule is CC1=CCC2N=C(n3ccnc3)C=CC2N1.CCC. The van der Waals surface area contributed by atoms with Gasteiger partial charge in [-0.1, -0.05) is 32.4 Å². The summed E-state index contributed by atoms with van der Waals surface area (Å²) in [7, 11) is 0. The zero-order chi connectivity index (χ0) is 13.7. The molecule has 0 saturated heterocycles. The summed E-state index contributed by atoms with van der Waals surface area (Å²) in [6, 6.07) is 0.656. The number of hydrogen-bond donors (Lipinski definition) is 1. The molecule has 2 atom stereocenters. The van der Waals surface area contributed by atoms with Crippen LogP contribution in [0.15, 0.2) is 47.6 Å². The zero-order valence-electron chi connectivity index (χ0n) is 11.9. The van der Waals surface area contributed by atoms with Crippen molar-refractivity contribution in [2.45, 2.75) is 45.7 Å². The number of nitrogens with one attached hydrogen (secondary N) is 1. The predicted octanol–water partition coefficient (Wildman–Crippen LogP) is 2.75. The summed E-state index contributed by atoms with van der Waals surface area (Å²) in [5, 5.41) is 3.43. The van der Waals surface area contributed by atoms with Crippen molar-refractivity contribution in [3.05, 3.63) is 42.6 Å². The average Bonchev–Trinajstić information content (AvgIpc) is 2.93. The van der Waals surface area contributed by atoms with E-state index in [0.717, 1.165) is 12.3 Å². The van der Waals surface area contributed by atoms with Gasteiger partial charge in [0.25, 0.3) is 0 Å². The number of hydrogen-bond acceptors (Lipinski definition) is 3. The third kappa shape index (κ3) is 3.34. The van der Waals surface area contributed by atoms with Gasteiger partial charge in [0, 0.05) is 18.1 Å². The minimum absolute atomic E-state index is 0.311. The van der Waals surface area contributed by atoms with Gasteiger partial charge in [0.05, 0.1) is 12.1 Å². The van der Waals surface area contributed by atoms with Crippen LogP contribution in [-0.2, 0) is 0 Å². The van der Waals surface area contributed by atoms with Gasteiger partial charge in [-0.15, -0.1) is 0 Å². The molecule has 1 aromatic rings. The second-order valence-corrected chi connectivity index (χ2v) is 4.88. The number of rotatable bonds is 0. The maximum Gasteiger partial charge on any atom is 0.133 e. The van der Waals surface area contributed by atoms with Gasteiger partial charge in [0.1, 0.15) is 12.2 Å². The summed E-state index contributed by atoms with van der Waals surface area (Å²) in [6.45, 7) is 6.35. The van der Waals surface area contributed by atoms with Crippen LogP contribution in [0.4, 0.5) is 0 Å². The van der Waals surface area contributed by atoms with E-state index in [-0.39, 0.29) is 0 Å². The minimum Gasteiger partial charge on any atom is -0.380 e. The normalized spacial score (nSPS) is 24.4. The highest BCUT2D eigenvalue weighted by molar-refractivity contribution is 5.95. The van der Waals surface area contributed by atoms with E-state index in [1.54, 1.807) is 12.5 Å². The van der Waals surface area contributed by atoms with Gasteiger partial charge in [0.15, 0.2) is 0 Å². The molecule has 0 amide bonds. The molecule has 4 heteroatoms. The van der Waals surface area contributed by atoms with Crippen LogP contribution in [0.25, 0.3) is 0 Å². The highest BCUT2D eigenvalue weighted by atomic mass is 15.1. The number of nitrogens with zero attached hydrogens (tertiary/aromatic N) is 3. The van der Waals surface area contributed by atoms with Gasteiger partial charge >= 0.3 is 0 Å². The quantitative estimate of drug-likeness (QED) is 0.777. The predicted molar refractivity (Wildman–Crippen MR) is 79.3 cm³/mol. The van der Waals surface area contributed by atoms with E-state index in [2.05, 4.69) is 49.3 Å². The monoisotopic (exact) mass is 258 g/mol. The Kier molecular flexibility index (Phi) is 4.55.